The summed E-state index contributed by atoms with van der Waals surface area (Å²) >= 11 is 0. The lowest BCUT2D eigenvalue weighted by Crippen LogP contribution is -2.33. The summed E-state index contributed by atoms with van der Waals surface area (Å²) in [5.74, 6) is 0.289. The Morgan fingerprint density at radius 1 is 1.56 bits per heavy atom. The van der Waals surface area contributed by atoms with Crippen molar-refractivity contribution >= 4 is 5.91 Å². The van der Waals surface area contributed by atoms with Crippen molar-refractivity contribution in [2.75, 3.05) is 6.54 Å². The zero-order chi connectivity index (χ0) is 12.1. The van der Waals surface area contributed by atoms with Crippen molar-refractivity contribution in [2.45, 2.75) is 26.4 Å². The molecule has 0 bridgehead atoms. The van der Waals surface area contributed by atoms with E-state index >= 15 is 0 Å². The van der Waals surface area contributed by atoms with Crippen molar-refractivity contribution in [3.05, 3.63) is 24.0 Å². The highest BCUT2D eigenvalue weighted by molar-refractivity contribution is 5.92. The summed E-state index contributed by atoms with van der Waals surface area (Å²) in [6.07, 6.45) is 2.05. The smallest absolute Gasteiger partial charge is 0.267 e. The first-order valence-corrected chi connectivity index (χ1v) is 5.58. The van der Waals surface area contributed by atoms with E-state index in [4.69, 9.17) is 0 Å². The van der Waals surface area contributed by atoms with E-state index in [9.17, 15) is 9.90 Å². The van der Waals surface area contributed by atoms with Crippen LogP contribution in [0.25, 0.3) is 0 Å². The van der Waals surface area contributed by atoms with Crippen LogP contribution in [0.15, 0.2) is 18.3 Å². The van der Waals surface area contributed by atoms with Gasteiger partial charge in [0.05, 0.1) is 6.10 Å². The predicted molar refractivity (Wildman–Crippen MR) is 63.2 cm³/mol. The van der Waals surface area contributed by atoms with Gasteiger partial charge in [0.2, 0.25) is 0 Å². The molecule has 0 saturated heterocycles. The molecule has 16 heavy (non-hydrogen) atoms. The van der Waals surface area contributed by atoms with Crippen LogP contribution in [-0.2, 0) is 7.05 Å². The number of carbonyl (C=O) groups excluding carboxylic acids is 1. The van der Waals surface area contributed by atoms with Gasteiger partial charge in [0.25, 0.3) is 5.91 Å². The minimum atomic E-state index is -0.468. The fourth-order valence-corrected chi connectivity index (χ4v) is 1.63. The van der Waals surface area contributed by atoms with Gasteiger partial charge in [-0.25, -0.2) is 0 Å². The Morgan fingerprint density at radius 2 is 2.25 bits per heavy atom. The second-order valence-corrected chi connectivity index (χ2v) is 4.50. The number of aliphatic hydroxyl groups is 1. The van der Waals surface area contributed by atoms with Crippen molar-refractivity contribution in [1.82, 2.24) is 9.88 Å². The maximum Gasteiger partial charge on any atom is 0.267 e. The van der Waals surface area contributed by atoms with E-state index in [0.29, 0.717) is 24.6 Å². The molecule has 0 aliphatic rings. The van der Waals surface area contributed by atoms with E-state index in [2.05, 4.69) is 5.32 Å². The second-order valence-electron chi connectivity index (χ2n) is 4.50. The van der Waals surface area contributed by atoms with Crippen LogP contribution in [0.5, 0.6) is 0 Å². The Hall–Kier alpha value is -1.29. The molecular weight excluding hydrogens is 204 g/mol. The fourth-order valence-electron chi connectivity index (χ4n) is 1.63. The topological polar surface area (TPSA) is 54.3 Å². The van der Waals surface area contributed by atoms with Crippen LogP contribution in [0.1, 0.15) is 30.8 Å². The molecule has 1 atom stereocenters. The third kappa shape index (κ3) is 3.70. The Labute approximate surface area is 96.3 Å². The Balaban J connectivity index is 2.39. The van der Waals surface area contributed by atoms with E-state index < -0.39 is 6.10 Å². The summed E-state index contributed by atoms with van der Waals surface area (Å²) in [4.78, 5) is 11.7. The van der Waals surface area contributed by atoms with Gasteiger partial charge in [-0.2, -0.15) is 0 Å². The van der Waals surface area contributed by atoms with Crippen LogP contribution in [-0.4, -0.2) is 28.2 Å². The molecule has 2 N–H and O–H groups in total. The molecule has 1 heterocycles. The SMILES string of the molecule is CC(C)CC(O)CNC(=O)c1cccn1C. The van der Waals surface area contributed by atoms with E-state index in [0.717, 1.165) is 0 Å². The maximum absolute atomic E-state index is 11.7. The molecule has 0 radical (unpaired) electrons. The molecule has 1 unspecified atom stereocenters. The van der Waals surface area contributed by atoms with E-state index in [-0.39, 0.29) is 5.91 Å². The summed E-state index contributed by atoms with van der Waals surface area (Å²) in [5.41, 5.74) is 0.608. The molecule has 1 amide bonds. The molecule has 4 nitrogen and oxygen atoms in total. The number of aliphatic hydroxyl groups excluding tert-OH is 1. The number of amides is 1. The van der Waals surface area contributed by atoms with E-state index in [1.807, 2.05) is 33.2 Å². The first-order chi connectivity index (χ1) is 7.50. The number of nitrogens with one attached hydrogen (secondary N) is 1. The molecule has 0 fully saturated rings. The number of aromatic nitrogens is 1. The minimum absolute atomic E-state index is 0.143. The quantitative estimate of drug-likeness (QED) is 0.788. The molecule has 0 saturated carbocycles. The third-order valence-corrected chi connectivity index (χ3v) is 2.42. The average molecular weight is 224 g/mol. The lowest BCUT2D eigenvalue weighted by molar-refractivity contribution is 0.0892. The maximum atomic E-state index is 11.7. The van der Waals surface area contributed by atoms with Crippen LogP contribution in [0.3, 0.4) is 0 Å². The Morgan fingerprint density at radius 3 is 2.75 bits per heavy atom. The Bertz CT molecular complexity index is 345. The van der Waals surface area contributed by atoms with Crippen molar-refractivity contribution < 1.29 is 9.90 Å². The summed E-state index contributed by atoms with van der Waals surface area (Å²) in [6.45, 7) is 4.40. The zero-order valence-electron chi connectivity index (χ0n) is 10.1. The monoisotopic (exact) mass is 224 g/mol. The molecular formula is C12H20N2O2. The first kappa shape index (κ1) is 12.8. The summed E-state index contributed by atoms with van der Waals surface area (Å²) < 4.78 is 1.75. The van der Waals surface area contributed by atoms with Crippen LogP contribution in [0.4, 0.5) is 0 Å². The second kappa shape index (κ2) is 5.70. The highest BCUT2D eigenvalue weighted by Crippen LogP contribution is 2.04. The van der Waals surface area contributed by atoms with Crippen LogP contribution in [0, 0.1) is 5.92 Å². The van der Waals surface area contributed by atoms with Crippen LogP contribution < -0.4 is 5.32 Å². The normalized spacial score (nSPS) is 12.8. The number of hydrogen-bond acceptors (Lipinski definition) is 2. The minimum Gasteiger partial charge on any atom is -0.391 e. The van der Waals surface area contributed by atoms with Crippen molar-refractivity contribution in [2.24, 2.45) is 13.0 Å². The van der Waals surface area contributed by atoms with Crippen molar-refractivity contribution in [1.29, 1.82) is 0 Å². The van der Waals surface area contributed by atoms with Gasteiger partial charge in [-0.1, -0.05) is 13.8 Å². The van der Waals surface area contributed by atoms with Gasteiger partial charge in [0.1, 0.15) is 5.69 Å². The third-order valence-electron chi connectivity index (χ3n) is 2.42. The van der Waals surface area contributed by atoms with Gasteiger partial charge in [-0.15, -0.1) is 0 Å². The first-order valence-electron chi connectivity index (χ1n) is 5.58. The summed E-state index contributed by atoms with van der Waals surface area (Å²) in [7, 11) is 1.82. The molecule has 1 aromatic heterocycles. The highest BCUT2D eigenvalue weighted by atomic mass is 16.3. The number of nitrogens with zero attached hydrogens (tertiary/aromatic N) is 1. The van der Waals surface area contributed by atoms with Gasteiger partial charge in [0.15, 0.2) is 0 Å². The molecule has 4 heteroatoms. The van der Waals surface area contributed by atoms with Gasteiger partial charge >= 0.3 is 0 Å². The van der Waals surface area contributed by atoms with Crippen molar-refractivity contribution in [3.63, 3.8) is 0 Å². The number of hydrogen-bond donors (Lipinski definition) is 2. The lowest BCUT2D eigenvalue weighted by Gasteiger charge is -2.13. The lowest BCUT2D eigenvalue weighted by atomic mass is 10.1. The van der Waals surface area contributed by atoms with Gasteiger partial charge in [-0.3, -0.25) is 4.79 Å². The molecule has 0 aromatic carbocycles. The predicted octanol–water partition coefficient (Wildman–Crippen LogP) is 1.16. The summed E-state index contributed by atoms with van der Waals surface area (Å²) in [6, 6.07) is 3.57. The fraction of sp³-hybridized carbons (Fsp3) is 0.583. The van der Waals surface area contributed by atoms with Gasteiger partial charge in [0, 0.05) is 19.8 Å². The van der Waals surface area contributed by atoms with Gasteiger partial charge in [-0.05, 0) is 24.5 Å². The zero-order valence-corrected chi connectivity index (χ0v) is 10.1. The molecule has 0 spiro atoms. The average Bonchev–Trinajstić information content (AvgIpc) is 2.60. The summed E-state index contributed by atoms with van der Waals surface area (Å²) in [5, 5.41) is 12.3. The molecule has 90 valence electrons. The van der Waals surface area contributed by atoms with E-state index in [1.165, 1.54) is 0 Å². The van der Waals surface area contributed by atoms with Gasteiger partial charge < -0.3 is 15.0 Å². The number of rotatable bonds is 5. The standard InChI is InChI=1S/C12H20N2O2/c1-9(2)7-10(15)8-13-12(16)11-5-4-6-14(11)3/h4-6,9-10,15H,7-8H2,1-3H3,(H,13,16). The number of aryl methyl sites for hydroxylation is 1. The largest absolute Gasteiger partial charge is 0.391 e. The highest BCUT2D eigenvalue weighted by Gasteiger charge is 2.11. The van der Waals surface area contributed by atoms with E-state index in [1.54, 1.807) is 10.6 Å². The number of carbonyl (C=O) groups is 1. The Kier molecular flexibility index (Phi) is 4.55. The molecule has 1 rings (SSSR count). The van der Waals surface area contributed by atoms with Crippen LogP contribution in [0.2, 0.25) is 0 Å². The molecule has 1 aromatic rings. The molecule has 0 aliphatic carbocycles. The van der Waals surface area contributed by atoms with Crippen molar-refractivity contribution in [3.8, 4) is 0 Å². The van der Waals surface area contributed by atoms with Crippen LogP contribution >= 0.6 is 0 Å². The molecule has 0 aliphatic heterocycles.